The highest BCUT2D eigenvalue weighted by Gasteiger charge is 2.23. The van der Waals surface area contributed by atoms with Crippen LogP contribution in [0.2, 0.25) is 0 Å². The molecule has 2 aromatic rings. The molecule has 2 aromatic carbocycles. The summed E-state index contributed by atoms with van der Waals surface area (Å²) in [6.07, 6.45) is 3.26. The first-order valence-electron chi connectivity index (χ1n) is 7.82. The lowest BCUT2D eigenvalue weighted by atomic mass is 10.1. The molecule has 1 aliphatic heterocycles. The van der Waals surface area contributed by atoms with E-state index >= 15 is 0 Å². The van der Waals surface area contributed by atoms with E-state index < -0.39 is 5.97 Å². The molecule has 0 fully saturated rings. The van der Waals surface area contributed by atoms with Gasteiger partial charge in [0.1, 0.15) is 0 Å². The van der Waals surface area contributed by atoms with Crippen molar-refractivity contribution in [2.75, 3.05) is 10.6 Å². The number of rotatable bonds is 6. The maximum atomic E-state index is 12.0. The number of hydrogen-bond acceptors (Lipinski definition) is 3. The van der Waals surface area contributed by atoms with Gasteiger partial charge in [-0.1, -0.05) is 30.3 Å². The Labute approximate surface area is 140 Å². The van der Waals surface area contributed by atoms with E-state index in [1.807, 2.05) is 48.5 Å². The van der Waals surface area contributed by atoms with Gasteiger partial charge in [0.25, 0.3) is 5.91 Å². The fourth-order valence-electron chi connectivity index (χ4n) is 2.65. The molecular formula is C19H18N2O3. The van der Waals surface area contributed by atoms with Gasteiger partial charge < -0.3 is 15.7 Å². The van der Waals surface area contributed by atoms with E-state index in [0.29, 0.717) is 12.0 Å². The van der Waals surface area contributed by atoms with Crippen molar-refractivity contribution in [3.8, 4) is 0 Å². The minimum absolute atomic E-state index is 0.117. The minimum Gasteiger partial charge on any atom is -0.481 e. The van der Waals surface area contributed by atoms with Gasteiger partial charge in [0.05, 0.1) is 5.57 Å². The van der Waals surface area contributed by atoms with Crippen molar-refractivity contribution >= 4 is 28.8 Å². The molecule has 0 bridgehead atoms. The maximum Gasteiger partial charge on any atom is 0.303 e. The van der Waals surface area contributed by atoms with Crippen LogP contribution in [0.1, 0.15) is 24.0 Å². The van der Waals surface area contributed by atoms with Crippen LogP contribution in [0.15, 0.2) is 54.7 Å². The summed E-state index contributed by atoms with van der Waals surface area (Å²) in [6.45, 7) is 0. The van der Waals surface area contributed by atoms with Gasteiger partial charge in [-0.2, -0.15) is 0 Å². The lowest BCUT2D eigenvalue weighted by Gasteiger charge is -2.05. The molecule has 0 radical (unpaired) electrons. The summed E-state index contributed by atoms with van der Waals surface area (Å²) in [5.74, 6) is -0.885. The van der Waals surface area contributed by atoms with Crippen molar-refractivity contribution in [1.29, 1.82) is 0 Å². The lowest BCUT2D eigenvalue weighted by molar-refractivity contribution is -0.137. The number of carbonyl (C=O) groups is 2. The van der Waals surface area contributed by atoms with Gasteiger partial charge in [0, 0.05) is 29.6 Å². The third kappa shape index (κ3) is 3.63. The summed E-state index contributed by atoms with van der Waals surface area (Å²) in [4.78, 5) is 22.5. The Morgan fingerprint density at radius 2 is 1.88 bits per heavy atom. The van der Waals surface area contributed by atoms with Crippen molar-refractivity contribution in [1.82, 2.24) is 0 Å². The van der Waals surface area contributed by atoms with Crippen LogP contribution >= 0.6 is 0 Å². The highest BCUT2D eigenvalue weighted by atomic mass is 16.4. The molecule has 0 saturated heterocycles. The highest BCUT2D eigenvalue weighted by Crippen LogP contribution is 2.31. The van der Waals surface area contributed by atoms with Gasteiger partial charge in [-0.05, 0) is 36.6 Å². The quantitative estimate of drug-likeness (QED) is 0.711. The molecule has 1 amide bonds. The van der Waals surface area contributed by atoms with Crippen molar-refractivity contribution in [3.05, 3.63) is 65.9 Å². The Balaban J connectivity index is 1.64. The number of benzene rings is 2. The molecule has 3 rings (SSSR count). The zero-order valence-corrected chi connectivity index (χ0v) is 13.1. The van der Waals surface area contributed by atoms with Crippen LogP contribution in [0.25, 0.3) is 5.57 Å². The summed E-state index contributed by atoms with van der Waals surface area (Å²) >= 11 is 0. The van der Waals surface area contributed by atoms with Crippen LogP contribution in [-0.4, -0.2) is 17.0 Å². The number of carboxylic acid groups (broad SMARTS) is 1. The minimum atomic E-state index is -0.768. The van der Waals surface area contributed by atoms with Crippen molar-refractivity contribution < 1.29 is 14.7 Å². The first kappa shape index (κ1) is 15.8. The van der Waals surface area contributed by atoms with E-state index in [4.69, 9.17) is 5.11 Å². The Morgan fingerprint density at radius 1 is 1.12 bits per heavy atom. The fraction of sp³-hybridized carbons (Fsp3) is 0.158. The predicted octanol–water partition coefficient (Wildman–Crippen LogP) is 3.50. The molecule has 1 aliphatic rings. The average molecular weight is 322 g/mol. The molecule has 0 spiro atoms. The molecule has 5 nitrogen and oxygen atoms in total. The van der Waals surface area contributed by atoms with Gasteiger partial charge in [0.15, 0.2) is 0 Å². The molecular weight excluding hydrogens is 304 g/mol. The van der Waals surface area contributed by atoms with Crippen LogP contribution in [-0.2, 0) is 16.0 Å². The number of carbonyl (C=O) groups excluding carboxylic acids is 1. The standard InChI is InChI=1S/C19H18N2O3/c22-18(23)7-3-4-13-8-10-14(11-9-13)20-12-16-15-5-1-2-6-17(15)21-19(16)24/h1-2,5-6,8-12,20H,3-4,7H2,(H,21,24)(H,22,23)/b16-12-. The van der Waals surface area contributed by atoms with E-state index in [2.05, 4.69) is 10.6 Å². The molecule has 0 aliphatic carbocycles. The van der Waals surface area contributed by atoms with Gasteiger partial charge in [-0.25, -0.2) is 0 Å². The number of anilines is 2. The van der Waals surface area contributed by atoms with Gasteiger partial charge in [0.2, 0.25) is 0 Å². The third-order valence-electron chi connectivity index (χ3n) is 3.90. The smallest absolute Gasteiger partial charge is 0.303 e. The van der Waals surface area contributed by atoms with Crippen LogP contribution in [0.5, 0.6) is 0 Å². The van der Waals surface area contributed by atoms with Gasteiger partial charge >= 0.3 is 5.97 Å². The summed E-state index contributed by atoms with van der Waals surface area (Å²) in [7, 11) is 0. The first-order chi connectivity index (χ1) is 11.6. The number of para-hydroxylation sites is 1. The summed E-state index contributed by atoms with van der Waals surface area (Å²) in [5, 5.41) is 14.6. The van der Waals surface area contributed by atoms with Crippen molar-refractivity contribution in [2.24, 2.45) is 0 Å². The third-order valence-corrected chi connectivity index (χ3v) is 3.90. The number of aryl methyl sites for hydroxylation is 1. The second-order valence-corrected chi connectivity index (χ2v) is 5.65. The molecule has 24 heavy (non-hydrogen) atoms. The van der Waals surface area contributed by atoms with E-state index in [0.717, 1.165) is 28.9 Å². The van der Waals surface area contributed by atoms with Gasteiger partial charge in [-0.15, -0.1) is 0 Å². The number of nitrogens with one attached hydrogen (secondary N) is 2. The number of hydrogen-bond donors (Lipinski definition) is 3. The molecule has 122 valence electrons. The summed E-state index contributed by atoms with van der Waals surface area (Å²) in [6, 6.07) is 15.3. The monoisotopic (exact) mass is 322 g/mol. The number of amides is 1. The lowest BCUT2D eigenvalue weighted by Crippen LogP contribution is -2.05. The number of carboxylic acids is 1. The zero-order chi connectivity index (χ0) is 16.9. The van der Waals surface area contributed by atoms with Crippen molar-refractivity contribution in [2.45, 2.75) is 19.3 Å². The van der Waals surface area contributed by atoms with E-state index in [1.54, 1.807) is 6.20 Å². The number of aliphatic carboxylic acids is 1. The predicted molar refractivity (Wildman–Crippen MR) is 93.7 cm³/mol. The van der Waals surface area contributed by atoms with Gasteiger partial charge in [-0.3, -0.25) is 9.59 Å². The van der Waals surface area contributed by atoms with Crippen LogP contribution < -0.4 is 10.6 Å². The zero-order valence-electron chi connectivity index (χ0n) is 13.1. The average Bonchev–Trinajstić information content (AvgIpc) is 2.89. The van der Waals surface area contributed by atoms with Crippen molar-refractivity contribution in [3.63, 3.8) is 0 Å². The Morgan fingerprint density at radius 3 is 2.62 bits per heavy atom. The van der Waals surface area contributed by atoms with E-state index in [1.165, 1.54) is 0 Å². The fourth-order valence-corrected chi connectivity index (χ4v) is 2.65. The highest BCUT2D eigenvalue weighted by molar-refractivity contribution is 6.31. The first-order valence-corrected chi connectivity index (χ1v) is 7.82. The van der Waals surface area contributed by atoms with Crippen LogP contribution in [0.3, 0.4) is 0 Å². The molecule has 0 atom stereocenters. The van der Waals surface area contributed by atoms with Crippen LogP contribution in [0.4, 0.5) is 11.4 Å². The van der Waals surface area contributed by atoms with Crippen LogP contribution in [0, 0.1) is 0 Å². The van der Waals surface area contributed by atoms with E-state index in [-0.39, 0.29) is 12.3 Å². The SMILES string of the molecule is O=C(O)CCCc1ccc(N/C=C2\C(=O)Nc3ccccc32)cc1. The molecule has 0 unspecified atom stereocenters. The Bertz CT molecular complexity index is 795. The maximum absolute atomic E-state index is 12.0. The normalized spacial score (nSPS) is 14.3. The number of fused-ring (bicyclic) bond motifs is 1. The molecule has 5 heteroatoms. The summed E-state index contributed by atoms with van der Waals surface area (Å²) < 4.78 is 0. The Kier molecular flexibility index (Phi) is 4.61. The molecule has 1 heterocycles. The topological polar surface area (TPSA) is 78.4 Å². The second kappa shape index (κ2) is 7.00. The van der Waals surface area contributed by atoms with E-state index in [9.17, 15) is 9.59 Å². The Hall–Kier alpha value is -3.08. The molecule has 3 N–H and O–H groups in total. The molecule has 0 saturated carbocycles. The largest absolute Gasteiger partial charge is 0.481 e. The molecule has 0 aromatic heterocycles. The summed E-state index contributed by atoms with van der Waals surface area (Å²) in [5.41, 5.74) is 4.29. The second-order valence-electron chi connectivity index (χ2n) is 5.65.